The van der Waals surface area contributed by atoms with Crippen molar-refractivity contribution >= 4 is 46.3 Å². The van der Waals surface area contributed by atoms with E-state index in [0.717, 1.165) is 18.4 Å². The molecule has 3 N–H and O–H groups in total. The number of hydrogen-bond acceptors (Lipinski definition) is 2. The van der Waals surface area contributed by atoms with Crippen molar-refractivity contribution < 1.29 is 4.79 Å². The average molecular weight is 319 g/mol. The number of amides is 1. The van der Waals surface area contributed by atoms with E-state index in [-0.39, 0.29) is 18.4 Å². The van der Waals surface area contributed by atoms with Crippen molar-refractivity contribution in [2.24, 2.45) is 5.73 Å². The van der Waals surface area contributed by atoms with Crippen LogP contribution in [0.4, 0.5) is 0 Å². The summed E-state index contributed by atoms with van der Waals surface area (Å²) >= 11 is 16.6. The zero-order valence-electron chi connectivity index (χ0n) is 10.6. The van der Waals surface area contributed by atoms with Gasteiger partial charge >= 0.3 is 0 Å². The molecule has 1 atom stereocenters. The predicted molar refractivity (Wildman–Crippen MR) is 83.8 cm³/mol. The molecule has 0 fully saturated rings. The van der Waals surface area contributed by atoms with Crippen LogP contribution in [-0.2, 0) is 11.2 Å². The Kier molecular flexibility index (Phi) is 6.55. The van der Waals surface area contributed by atoms with Crippen LogP contribution in [0.1, 0.15) is 25.3 Å². The Hall–Kier alpha value is -0.840. The number of hydrogen-bond donors (Lipinski definition) is 2. The van der Waals surface area contributed by atoms with Gasteiger partial charge in [0, 0.05) is 0 Å². The van der Waals surface area contributed by atoms with Gasteiger partial charge in [-0.1, -0.05) is 54.8 Å². The molecule has 0 aromatic heterocycles. The molecule has 0 spiro atoms. The van der Waals surface area contributed by atoms with Gasteiger partial charge in [-0.25, -0.2) is 0 Å². The van der Waals surface area contributed by atoms with Crippen LogP contribution < -0.4 is 11.1 Å². The zero-order chi connectivity index (χ0) is 14.4. The van der Waals surface area contributed by atoms with E-state index in [1.54, 1.807) is 18.2 Å². The van der Waals surface area contributed by atoms with Crippen LogP contribution in [0.15, 0.2) is 18.2 Å². The normalized spacial score (nSPS) is 11.9. The van der Waals surface area contributed by atoms with E-state index in [4.69, 9.17) is 41.2 Å². The van der Waals surface area contributed by atoms with Crippen molar-refractivity contribution in [2.75, 3.05) is 0 Å². The van der Waals surface area contributed by atoms with Gasteiger partial charge in [-0.3, -0.25) is 4.79 Å². The molecule has 0 saturated carbocycles. The molecule has 0 aliphatic rings. The maximum absolute atomic E-state index is 11.9. The van der Waals surface area contributed by atoms with Crippen molar-refractivity contribution in [3.63, 3.8) is 0 Å². The summed E-state index contributed by atoms with van der Waals surface area (Å²) in [5, 5.41) is 3.73. The zero-order valence-corrected chi connectivity index (χ0v) is 12.9. The van der Waals surface area contributed by atoms with Gasteiger partial charge in [-0.2, -0.15) is 0 Å². The summed E-state index contributed by atoms with van der Waals surface area (Å²) in [6.45, 7) is 2.01. The standard InChI is InChI=1S/C13H16Cl2N2OS/c1-2-3-11(13(16)19)17-12(18)7-8-4-5-9(14)10(15)6-8/h4-6,11H,2-3,7H2,1H3,(H2,16,19)(H,17,18). The number of nitrogens with one attached hydrogen (secondary N) is 1. The first-order valence-corrected chi connectivity index (χ1v) is 7.13. The first-order chi connectivity index (χ1) is 8.93. The molecule has 0 radical (unpaired) electrons. The molecule has 1 unspecified atom stereocenters. The molecule has 0 aliphatic carbocycles. The van der Waals surface area contributed by atoms with Crippen LogP contribution in [-0.4, -0.2) is 16.9 Å². The molecule has 1 aromatic carbocycles. The molecule has 0 heterocycles. The molecule has 3 nitrogen and oxygen atoms in total. The predicted octanol–water partition coefficient (Wildman–Crippen LogP) is 3.11. The number of thiocarbonyl (C=S) groups is 1. The Morgan fingerprint density at radius 1 is 1.42 bits per heavy atom. The van der Waals surface area contributed by atoms with E-state index in [0.29, 0.717) is 15.0 Å². The number of nitrogens with two attached hydrogens (primary N) is 1. The summed E-state index contributed by atoms with van der Waals surface area (Å²) in [5.74, 6) is -0.135. The fourth-order valence-electron chi connectivity index (χ4n) is 1.65. The molecule has 1 aromatic rings. The molecule has 0 saturated heterocycles. The highest BCUT2D eigenvalue weighted by atomic mass is 35.5. The summed E-state index contributed by atoms with van der Waals surface area (Å²) in [4.78, 5) is 12.2. The minimum absolute atomic E-state index is 0.135. The molecule has 0 bridgehead atoms. The first kappa shape index (κ1) is 16.2. The lowest BCUT2D eigenvalue weighted by molar-refractivity contribution is -0.120. The third kappa shape index (κ3) is 5.35. The van der Waals surface area contributed by atoms with E-state index in [1.165, 1.54) is 0 Å². The van der Waals surface area contributed by atoms with Crippen molar-refractivity contribution in [3.8, 4) is 0 Å². The van der Waals surface area contributed by atoms with Crippen LogP contribution in [0.2, 0.25) is 10.0 Å². The molecule has 1 amide bonds. The van der Waals surface area contributed by atoms with Gasteiger partial charge in [0.25, 0.3) is 0 Å². The van der Waals surface area contributed by atoms with Crippen LogP contribution in [0.5, 0.6) is 0 Å². The average Bonchev–Trinajstić information content (AvgIpc) is 2.33. The van der Waals surface area contributed by atoms with Crippen LogP contribution in [0.25, 0.3) is 0 Å². The lowest BCUT2D eigenvalue weighted by Gasteiger charge is -2.16. The van der Waals surface area contributed by atoms with E-state index >= 15 is 0 Å². The van der Waals surface area contributed by atoms with Gasteiger partial charge in [0.05, 0.1) is 27.5 Å². The minimum Gasteiger partial charge on any atom is -0.392 e. The Balaban J connectivity index is 2.63. The van der Waals surface area contributed by atoms with Crippen molar-refractivity contribution in [2.45, 2.75) is 32.2 Å². The molecule has 6 heteroatoms. The maximum atomic E-state index is 11.9. The van der Waals surface area contributed by atoms with Gasteiger partial charge in [0.2, 0.25) is 5.91 Å². The Morgan fingerprint density at radius 2 is 2.11 bits per heavy atom. The summed E-state index contributed by atoms with van der Waals surface area (Å²) in [5.41, 5.74) is 6.38. The molecule has 0 aliphatic heterocycles. The fraction of sp³-hybridized carbons (Fsp3) is 0.385. The van der Waals surface area contributed by atoms with Crippen LogP contribution in [0, 0.1) is 0 Å². The van der Waals surface area contributed by atoms with Gasteiger partial charge in [0.1, 0.15) is 0 Å². The largest absolute Gasteiger partial charge is 0.392 e. The smallest absolute Gasteiger partial charge is 0.224 e. The molecular weight excluding hydrogens is 303 g/mol. The van der Waals surface area contributed by atoms with Crippen molar-refractivity contribution in [1.82, 2.24) is 5.32 Å². The van der Waals surface area contributed by atoms with Crippen LogP contribution in [0.3, 0.4) is 0 Å². The fourth-order valence-corrected chi connectivity index (χ4v) is 2.15. The molecule has 19 heavy (non-hydrogen) atoms. The number of carbonyl (C=O) groups is 1. The highest BCUT2D eigenvalue weighted by Crippen LogP contribution is 2.22. The second-order valence-electron chi connectivity index (χ2n) is 4.24. The third-order valence-electron chi connectivity index (χ3n) is 2.60. The van der Waals surface area contributed by atoms with Crippen molar-refractivity contribution in [3.05, 3.63) is 33.8 Å². The number of benzene rings is 1. The molecule has 1 rings (SSSR count). The Labute approximate surface area is 128 Å². The van der Waals surface area contributed by atoms with Gasteiger partial charge in [-0.05, 0) is 24.1 Å². The number of rotatable bonds is 6. The lowest BCUT2D eigenvalue weighted by Crippen LogP contribution is -2.43. The highest BCUT2D eigenvalue weighted by Gasteiger charge is 2.14. The summed E-state index contributed by atoms with van der Waals surface area (Å²) in [6.07, 6.45) is 1.86. The third-order valence-corrected chi connectivity index (χ3v) is 3.63. The van der Waals surface area contributed by atoms with E-state index in [1.807, 2.05) is 6.92 Å². The van der Waals surface area contributed by atoms with Gasteiger partial charge < -0.3 is 11.1 Å². The lowest BCUT2D eigenvalue weighted by atomic mass is 10.1. The first-order valence-electron chi connectivity index (χ1n) is 5.96. The number of halogens is 2. The highest BCUT2D eigenvalue weighted by molar-refractivity contribution is 7.80. The summed E-state index contributed by atoms with van der Waals surface area (Å²) in [6, 6.07) is 4.86. The Morgan fingerprint density at radius 3 is 2.63 bits per heavy atom. The SMILES string of the molecule is CCCC(NC(=O)Cc1ccc(Cl)c(Cl)c1)C(N)=S. The monoisotopic (exact) mass is 318 g/mol. The van der Waals surface area contributed by atoms with Gasteiger partial charge in [0.15, 0.2) is 0 Å². The minimum atomic E-state index is -0.254. The maximum Gasteiger partial charge on any atom is 0.224 e. The summed E-state index contributed by atoms with van der Waals surface area (Å²) < 4.78 is 0. The van der Waals surface area contributed by atoms with Crippen molar-refractivity contribution in [1.29, 1.82) is 0 Å². The van der Waals surface area contributed by atoms with E-state index in [9.17, 15) is 4.79 Å². The second kappa shape index (κ2) is 7.68. The molecular formula is C13H16Cl2N2OS. The number of carbonyl (C=O) groups excluding carboxylic acids is 1. The van der Waals surface area contributed by atoms with E-state index < -0.39 is 0 Å². The second-order valence-corrected chi connectivity index (χ2v) is 5.52. The quantitative estimate of drug-likeness (QED) is 0.792. The Bertz CT molecular complexity index is 480. The summed E-state index contributed by atoms with van der Waals surface area (Å²) in [7, 11) is 0. The van der Waals surface area contributed by atoms with Gasteiger partial charge in [-0.15, -0.1) is 0 Å². The van der Waals surface area contributed by atoms with E-state index in [2.05, 4.69) is 5.32 Å². The van der Waals surface area contributed by atoms with Crippen LogP contribution >= 0.6 is 35.4 Å². The topological polar surface area (TPSA) is 55.1 Å². The molecule has 104 valence electrons.